The van der Waals surface area contributed by atoms with Crippen LogP contribution >= 0.6 is 0 Å². The van der Waals surface area contributed by atoms with E-state index in [1.165, 1.54) is 22.9 Å². The molecule has 0 saturated heterocycles. The van der Waals surface area contributed by atoms with Gasteiger partial charge in [-0.1, -0.05) is 51.1 Å². The second-order valence-corrected chi connectivity index (χ2v) is 5.80. The Hall–Kier alpha value is -1.50. The molecule has 1 nitrogen and oxygen atoms in total. The van der Waals surface area contributed by atoms with Gasteiger partial charge in [0.2, 0.25) is 0 Å². The van der Waals surface area contributed by atoms with E-state index < -0.39 is 0 Å². The molecule has 1 heteroatoms. The number of rotatable bonds is 3. The van der Waals surface area contributed by atoms with Crippen molar-refractivity contribution in [2.75, 3.05) is 11.9 Å². The van der Waals surface area contributed by atoms with Gasteiger partial charge in [-0.25, -0.2) is 0 Å². The Morgan fingerprint density at radius 1 is 0.941 bits per heavy atom. The fourth-order valence-electron chi connectivity index (χ4n) is 1.88. The summed E-state index contributed by atoms with van der Waals surface area (Å²) in [6, 6.07) is 15.0. The topological polar surface area (TPSA) is 12.0 Å². The molecule has 0 aromatic heterocycles. The van der Waals surface area contributed by atoms with Crippen molar-refractivity contribution in [2.45, 2.75) is 27.2 Å². The number of fused-ring (bicyclic) bond motifs is 1. The van der Waals surface area contributed by atoms with Gasteiger partial charge in [-0.15, -0.1) is 0 Å². The molecule has 0 aliphatic carbocycles. The quantitative estimate of drug-likeness (QED) is 0.802. The van der Waals surface area contributed by atoms with Crippen LogP contribution in [-0.2, 0) is 0 Å². The van der Waals surface area contributed by atoms with Crippen molar-refractivity contribution in [1.82, 2.24) is 0 Å². The summed E-state index contributed by atoms with van der Waals surface area (Å²) in [6.07, 6.45) is 1.18. The van der Waals surface area contributed by atoms with Gasteiger partial charge in [0.05, 0.1) is 0 Å². The maximum absolute atomic E-state index is 3.49. The summed E-state index contributed by atoms with van der Waals surface area (Å²) in [5.74, 6) is 0. The molecule has 17 heavy (non-hydrogen) atoms. The first kappa shape index (κ1) is 12.0. The molecule has 0 radical (unpaired) electrons. The molecule has 1 N–H and O–H groups in total. The van der Waals surface area contributed by atoms with E-state index in [1.54, 1.807) is 0 Å². The Morgan fingerprint density at radius 3 is 2.35 bits per heavy atom. The van der Waals surface area contributed by atoms with Crippen LogP contribution in [0, 0.1) is 5.41 Å². The molecule has 0 amide bonds. The van der Waals surface area contributed by atoms with E-state index in [0.29, 0.717) is 5.41 Å². The van der Waals surface area contributed by atoms with Gasteiger partial charge in [0.1, 0.15) is 0 Å². The molecule has 2 aromatic carbocycles. The summed E-state index contributed by atoms with van der Waals surface area (Å²) in [5.41, 5.74) is 1.61. The lowest BCUT2D eigenvalue weighted by molar-refractivity contribution is 0.390. The fourth-order valence-corrected chi connectivity index (χ4v) is 1.88. The third-order valence-electron chi connectivity index (χ3n) is 2.95. The van der Waals surface area contributed by atoms with Crippen molar-refractivity contribution in [1.29, 1.82) is 0 Å². The predicted octanol–water partition coefficient (Wildman–Crippen LogP) is 4.69. The minimum absolute atomic E-state index is 0.393. The highest BCUT2D eigenvalue weighted by atomic mass is 14.9. The molecular formula is C16H21N. The number of hydrogen-bond donors (Lipinski definition) is 1. The lowest BCUT2D eigenvalue weighted by Crippen LogP contribution is -2.12. The van der Waals surface area contributed by atoms with Crippen molar-refractivity contribution in [3.8, 4) is 0 Å². The van der Waals surface area contributed by atoms with E-state index in [0.717, 1.165) is 6.54 Å². The molecule has 2 aromatic rings. The summed E-state index contributed by atoms with van der Waals surface area (Å²) >= 11 is 0. The van der Waals surface area contributed by atoms with E-state index in [1.807, 2.05) is 0 Å². The highest BCUT2D eigenvalue weighted by Crippen LogP contribution is 2.21. The van der Waals surface area contributed by atoms with Gasteiger partial charge in [-0.05, 0) is 34.7 Å². The zero-order chi connectivity index (χ0) is 12.3. The van der Waals surface area contributed by atoms with Crippen molar-refractivity contribution in [3.63, 3.8) is 0 Å². The molecule has 2 rings (SSSR count). The molecule has 0 bridgehead atoms. The molecule has 0 saturated carbocycles. The van der Waals surface area contributed by atoms with Gasteiger partial charge >= 0.3 is 0 Å². The van der Waals surface area contributed by atoms with Crippen molar-refractivity contribution < 1.29 is 0 Å². The third-order valence-corrected chi connectivity index (χ3v) is 2.95. The molecule has 0 spiro atoms. The highest BCUT2D eigenvalue weighted by molar-refractivity contribution is 5.85. The lowest BCUT2D eigenvalue weighted by atomic mass is 9.92. The van der Waals surface area contributed by atoms with Crippen LogP contribution in [0.15, 0.2) is 42.5 Å². The van der Waals surface area contributed by atoms with Crippen LogP contribution < -0.4 is 5.32 Å². The Kier molecular flexibility index (Phi) is 3.37. The molecule has 0 heterocycles. The van der Waals surface area contributed by atoms with Crippen molar-refractivity contribution in [3.05, 3.63) is 42.5 Å². The average molecular weight is 227 g/mol. The standard InChI is InChI=1S/C16H21N/c1-16(2,3)10-11-17-15-9-8-13-6-4-5-7-14(13)12-15/h4-9,12,17H,10-11H2,1-3H3. The van der Waals surface area contributed by atoms with Crippen molar-refractivity contribution >= 4 is 16.5 Å². The Balaban J connectivity index is 2.04. The van der Waals surface area contributed by atoms with Gasteiger partial charge in [0, 0.05) is 12.2 Å². The third kappa shape index (κ3) is 3.48. The monoisotopic (exact) mass is 227 g/mol. The number of hydrogen-bond acceptors (Lipinski definition) is 1. The Bertz CT molecular complexity index is 494. The minimum Gasteiger partial charge on any atom is -0.385 e. The van der Waals surface area contributed by atoms with Crippen LogP contribution in [0.4, 0.5) is 5.69 Å². The van der Waals surface area contributed by atoms with Crippen LogP contribution in [0.2, 0.25) is 0 Å². The highest BCUT2D eigenvalue weighted by Gasteiger charge is 2.08. The maximum atomic E-state index is 3.49. The SMILES string of the molecule is CC(C)(C)CCNc1ccc2ccccc2c1. The first-order valence-corrected chi connectivity index (χ1v) is 6.27. The Labute approximate surface area is 104 Å². The molecule has 0 unspecified atom stereocenters. The molecule has 0 aliphatic heterocycles. The zero-order valence-electron chi connectivity index (χ0n) is 11.0. The van der Waals surface area contributed by atoms with Crippen LogP contribution in [0.5, 0.6) is 0 Å². The first-order chi connectivity index (χ1) is 8.04. The smallest absolute Gasteiger partial charge is 0.0346 e. The summed E-state index contributed by atoms with van der Waals surface area (Å²) in [5, 5.41) is 6.09. The lowest BCUT2D eigenvalue weighted by Gasteiger charge is -2.18. The minimum atomic E-state index is 0.393. The molecule has 0 aliphatic rings. The average Bonchev–Trinajstić information content (AvgIpc) is 2.27. The van der Waals surface area contributed by atoms with E-state index in [-0.39, 0.29) is 0 Å². The maximum Gasteiger partial charge on any atom is 0.0346 e. The molecule has 90 valence electrons. The van der Waals surface area contributed by atoms with E-state index in [2.05, 4.69) is 68.6 Å². The van der Waals surface area contributed by atoms with E-state index in [4.69, 9.17) is 0 Å². The largest absolute Gasteiger partial charge is 0.385 e. The molecule has 0 fully saturated rings. The number of benzene rings is 2. The predicted molar refractivity (Wildman–Crippen MR) is 76.5 cm³/mol. The second-order valence-electron chi connectivity index (χ2n) is 5.80. The van der Waals surface area contributed by atoms with E-state index in [9.17, 15) is 0 Å². The second kappa shape index (κ2) is 4.79. The van der Waals surface area contributed by atoms with Gasteiger partial charge < -0.3 is 5.32 Å². The van der Waals surface area contributed by atoms with Gasteiger partial charge in [-0.3, -0.25) is 0 Å². The fraction of sp³-hybridized carbons (Fsp3) is 0.375. The van der Waals surface area contributed by atoms with Crippen molar-refractivity contribution in [2.24, 2.45) is 5.41 Å². The van der Waals surface area contributed by atoms with Crippen LogP contribution in [0.25, 0.3) is 10.8 Å². The normalized spacial score (nSPS) is 11.7. The van der Waals surface area contributed by atoms with Gasteiger partial charge in [0.15, 0.2) is 0 Å². The summed E-state index contributed by atoms with van der Waals surface area (Å²) in [4.78, 5) is 0. The summed E-state index contributed by atoms with van der Waals surface area (Å²) < 4.78 is 0. The first-order valence-electron chi connectivity index (χ1n) is 6.27. The van der Waals surface area contributed by atoms with Crippen LogP contribution in [0.1, 0.15) is 27.2 Å². The Morgan fingerprint density at radius 2 is 1.65 bits per heavy atom. The summed E-state index contributed by atoms with van der Waals surface area (Å²) in [7, 11) is 0. The number of nitrogens with one attached hydrogen (secondary N) is 1. The van der Waals surface area contributed by atoms with E-state index >= 15 is 0 Å². The van der Waals surface area contributed by atoms with Gasteiger partial charge in [0.25, 0.3) is 0 Å². The molecule has 0 atom stereocenters. The zero-order valence-corrected chi connectivity index (χ0v) is 11.0. The molecular weight excluding hydrogens is 206 g/mol. The van der Waals surface area contributed by atoms with Crippen LogP contribution in [-0.4, -0.2) is 6.54 Å². The number of anilines is 1. The van der Waals surface area contributed by atoms with Gasteiger partial charge in [-0.2, -0.15) is 0 Å². The summed E-state index contributed by atoms with van der Waals surface area (Å²) in [6.45, 7) is 7.85. The van der Waals surface area contributed by atoms with Crippen LogP contribution in [0.3, 0.4) is 0 Å².